The molecule has 0 amide bonds. The van der Waals surface area contributed by atoms with Crippen molar-refractivity contribution in [1.82, 2.24) is 0 Å². The molecule has 3 aliphatic carbocycles. The maximum absolute atomic E-state index is 12.4. The minimum absolute atomic E-state index is 0.0943. The fraction of sp³-hybridized carbons (Fsp3) is 0.632. The molecule has 2 fully saturated rings. The van der Waals surface area contributed by atoms with Crippen LogP contribution in [0.15, 0.2) is 18.2 Å². The second kappa shape index (κ2) is 4.59. The van der Waals surface area contributed by atoms with E-state index >= 15 is 0 Å². The van der Waals surface area contributed by atoms with E-state index in [1.54, 1.807) is 6.07 Å². The van der Waals surface area contributed by atoms with Crippen molar-refractivity contribution in [3.8, 4) is 5.75 Å². The molecule has 1 aromatic carbocycles. The Bertz CT molecular complexity index is 682. The summed E-state index contributed by atoms with van der Waals surface area (Å²) in [7, 11) is -2.40. The van der Waals surface area contributed by atoms with E-state index in [2.05, 4.69) is 13.0 Å². The van der Waals surface area contributed by atoms with Crippen molar-refractivity contribution in [2.45, 2.75) is 51.4 Å². The van der Waals surface area contributed by atoms with Gasteiger partial charge in [-0.1, -0.05) is 13.0 Å². The van der Waals surface area contributed by atoms with Gasteiger partial charge in [-0.15, -0.1) is 0 Å². The summed E-state index contributed by atoms with van der Waals surface area (Å²) in [4.78, 5) is 12.4. The normalized spacial score (nSPS) is 40.3. The Hall–Kier alpha value is -1.31. The maximum Gasteiger partial charge on any atom is 0.139 e. The van der Waals surface area contributed by atoms with E-state index in [0.29, 0.717) is 29.3 Å². The smallest absolute Gasteiger partial charge is 0.139 e. The summed E-state index contributed by atoms with van der Waals surface area (Å²) >= 11 is 0. The molecule has 0 N–H and O–H groups in total. The van der Waals surface area contributed by atoms with Gasteiger partial charge < -0.3 is 4.74 Å². The van der Waals surface area contributed by atoms with Crippen LogP contribution in [0.2, 0.25) is 0 Å². The molecule has 4 atom stereocenters. The number of ketones is 1. The van der Waals surface area contributed by atoms with Gasteiger partial charge in [0.25, 0.3) is 0 Å². The van der Waals surface area contributed by atoms with Crippen LogP contribution in [0.3, 0.4) is 0 Å². The molecule has 2 nitrogen and oxygen atoms in total. The maximum atomic E-state index is 12.4. The third-order valence-corrected chi connectivity index (χ3v) is 6.52. The van der Waals surface area contributed by atoms with Gasteiger partial charge in [0.2, 0.25) is 0 Å². The van der Waals surface area contributed by atoms with E-state index in [1.165, 1.54) is 11.1 Å². The van der Waals surface area contributed by atoms with Crippen molar-refractivity contribution in [3.63, 3.8) is 0 Å². The summed E-state index contributed by atoms with van der Waals surface area (Å²) in [5.41, 5.74) is 2.49. The number of hydrogen-bond donors (Lipinski definition) is 0. The number of benzene rings is 1. The molecule has 0 aliphatic heterocycles. The fourth-order valence-electron chi connectivity index (χ4n) is 5.39. The molecule has 0 aromatic heterocycles. The molecule has 2 heteroatoms. The van der Waals surface area contributed by atoms with Crippen LogP contribution in [0.4, 0.5) is 0 Å². The Balaban J connectivity index is 1.62. The van der Waals surface area contributed by atoms with Crippen molar-refractivity contribution < 1.29 is 13.6 Å². The molecule has 21 heavy (non-hydrogen) atoms. The highest BCUT2D eigenvalue weighted by atomic mass is 16.5. The first-order valence-corrected chi connectivity index (χ1v) is 8.13. The minimum atomic E-state index is -2.40. The number of carbonyl (C=O) groups is 1. The highest BCUT2D eigenvalue weighted by molar-refractivity contribution is 5.87. The molecule has 112 valence electrons. The van der Waals surface area contributed by atoms with E-state index in [0.717, 1.165) is 38.5 Å². The second-order valence-corrected chi connectivity index (χ2v) is 7.30. The highest BCUT2D eigenvalue weighted by Gasteiger charge is 2.54. The predicted octanol–water partition coefficient (Wildman–Crippen LogP) is 4.12. The van der Waals surface area contributed by atoms with Crippen LogP contribution in [0, 0.1) is 17.3 Å². The fourth-order valence-corrected chi connectivity index (χ4v) is 5.39. The van der Waals surface area contributed by atoms with Crippen molar-refractivity contribution >= 4 is 5.78 Å². The number of rotatable bonds is 1. The van der Waals surface area contributed by atoms with Crippen LogP contribution in [0.1, 0.15) is 60.2 Å². The van der Waals surface area contributed by atoms with E-state index in [4.69, 9.17) is 8.85 Å². The average molecular weight is 288 g/mol. The number of aryl methyl sites for hydroxylation is 1. The van der Waals surface area contributed by atoms with E-state index in [-0.39, 0.29) is 5.41 Å². The predicted molar refractivity (Wildman–Crippen MR) is 82.6 cm³/mol. The largest absolute Gasteiger partial charge is 0.497 e. The number of Topliss-reactive ketones (excluding diaryl/α,β-unsaturated/α-hetero) is 1. The summed E-state index contributed by atoms with van der Waals surface area (Å²) < 4.78 is 26.8. The molecule has 0 heterocycles. The average Bonchev–Trinajstić information content (AvgIpc) is 2.81. The van der Waals surface area contributed by atoms with Crippen LogP contribution in [-0.4, -0.2) is 12.8 Å². The van der Waals surface area contributed by atoms with E-state index in [1.807, 2.05) is 6.07 Å². The Morgan fingerprint density at radius 2 is 2.19 bits per heavy atom. The summed E-state index contributed by atoms with van der Waals surface area (Å²) in [5, 5.41) is 0. The summed E-state index contributed by atoms with van der Waals surface area (Å²) in [6.07, 6.45) is 5.91. The first-order valence-electron chi connectivity index (χ1n) is 9.63. The summed E-state index contributed by atoms with van der Waals surface area (Å²) in [6.45, 7) is 2.19. The number of fused-ring (bicyclic) bond motifs is 5. The van der Waals surface area contributed by atoms with Crippen molar-refractivity contribution in [1.29, 1.82) is 0 Å². The van der Waals surface area contributed by atoms with Crippen molar-refractivity contribution in [2.24, 2.45) is 17.3 Å². The lowest BCUT2D eigenvalue weighted by atomic mass is 9.55. The standard InChI is InChI=1S/C19H24O2/c1-19-10-9-15-14-6-4-13(21-2)11-12(14)3-5-16(15)17(19)7-8-18(19)20/h4,6,11,15-17H,3,5,7-10H2,1-2H3/t15-,16-,17+,19+/m1/s1/i2+1D3. The Kier molecular flexibility index (Phi) is 2.28. The zero-order valence-corrected chi connectivity index (χ0v) is 12.5. The quantitative estimate of drug-likeness (QED) is 0.727. The number of methoxy groups -OCH3 is 1. The molecule has 0 bridgehead atoms. The third-order valence-electron chi connectivity index (χ3n) is 6.52. The third kappa shape index (κ3) is 1.81. The van der Waals surface area contributed by atoms with Gasteiger partial charge in [0.05, 0.1) is 11.2 Å². The van der Waals surface area contributed by atoms with E-state index in [9.17, 15) is 4.79 Å². The Labute approximate surface area is 131 Å². The zero-order chi connectivity index (χ0) is 17.1. The van der Waals surface area contributed by atoms with Crippen LogP contribution in [-0.2, 0) is 11.2 Å². The molecule has 0 unspecified atom stereocenters. The van der Waals surface area contributed by atoms with Crippen LogP contribution >= 0.6 is 0 Å². The van der Waals surface area contributed by atoms with Gasteiger partial charge in [0, 0.05) is 11.8 Å². The minimum Gasteiger partial charge on any atom is -0.497 e. The zero-order valence-electron chi connectivity index (χ0n) is 15.5. The SMILES string of the molecule is [2H][13C]([2H])([2H])Oc1ccc2c(c1)CC[C@@H]1[C@@H]2CC[C@]2(C)C(=O)CC[C@@H]12. The topological polar surface area (TPSA) is 26.3 Å². The van der Waals surface area contributed by atoms with Crippen LogP contribution in [0.5, 0.6) is 5.75 Å². The van der Waals surface area contributed by atoms with E-state index < -0.39 is 7.04 Å². The van der Waals surface area contributed by atoms with Gasteiger partial charge in [-0.25, -0.2) is 0 Å². The second-order valence-electron chi connectivity index (χ2n) is 7.30. The molecular weight excluding hydrogens is 261 g/mol. The lowest BCUT2D eigenvalue weighted by Crippen LogP contribution is -2.42. The molecule has 0 saturated heterocycles. The van der Waals surface area contributed by atoms with Gasteiger partial charge in [-0.3, -0.25) is 4.79 Å². The highest BCUT2D eigenvalue weighted by Crippen LogP contribution is 2.59. The Morgan fingerprint density at radius 1 is 1.29 bits per heavy atom. The lowest BCUT2D eigenvalue weighted by molar-refractivity contribution is -0.129. The lowest BCUT2D eigenvalue weighted by Gasteiger charge is -2.48. The van der Waals surface area contributed by atoms with Crippen molar-refractivity contribution in [3.05, 3.63) is 29.3 Å². The van der Waals surface area contributed by atoms with Gasteiger partial charge in [0.15, 0.2) is 0 Å². The molecule has 2 saturated carbocycles. The van der Waals surface area contributed by atoms with Crippen LogP contribution in [0.25, 0.3) is 0 Å². The van der Waals surface area contributed by atoms with Gasteiger partial charge in [-0.2, -0.15) is 0 Å². The van der Waals surface area contributed by atoms with Gasteiger partial charge in [0.1, 0.15) is 11.5 Å². The van der Waals surface area contributed by atoms with Crippen LogP contribution < -0.4 is 4.74 Å². The van der Waals surface area contributed by atoms with Gasteiger partial charge in [-0.05, 0) is 73.1 Å². The monoisotopic (exact) mass is 288 g/mol. The first-order chi connectivity index (χ1) is 11.3. The summed E-state index contributed by atoms with van der Waals surface area (Å²) in [5.74, 6) is 2.54. The Morgan fingerprint density at radius 3 is 3.05 bits per heavy atom. The van der Waals surface area contributed by atoms with Crippen molar-refractivity contribution in [2.75, 3.05) is 7.04 Å². The van der Waals surface area contributed by atoms with Gasteiger partial charge >= 0.3 is 0 Å². The molecule has 0 radical (unpaired) electrons. The molecule has 3 aliphatic rings. The molecular formula is C19H24O2. The summed E-state index contributed by atoms with van der Waals surface area (Å²) in [6, 6.07) is 5.76. The number of carbonyl (C=O) groups excluding carboxylic acids is 1. The first kappa shape index (κ1) is 10.4. The number of hydrogen-bond acceptors (Lipinski definition) is 2. The molecule has 4 rings (SSSR count). The molecule has 0 spiro atoms. The number of ether oxygens (including phenoxy) is 1. The molecule has 1 aromatic rings.